The van der Waals surface area contributed by atoms with Crippen LogP contribution < -0.4 is 19.1 Å². The van der Waals surface area contributed by atoms with Gasteiger partial charge in [0.15, 0.2) is 0 Å². The van der Waals surface area contributed by atoms with Gasteiger partial charge in [-0.15, -0.1) is 0 Å². The number of nitrogens with one attached hydrogen (secondary N) is 2. The number of hydrogen-bond donors (Lipinski definition) is 2. The number of halogens is 4. The summed E-state index contributed by atoms with van der Waals surface area (Å²) in [5.41, 5.74) is -2.78. The van der Waals surface area contributed by atoms with E-state index in [-0.39, 0.29) is 34.3 Å². The highest BCUT2D eigenvalue weighted by atomic mass is 32.2. The smallest absolute Gasteiger partial charge is 0.427 e. The van der Waals surface area contributed by atoms with Crippen molar-refractivity contribution in [1.29, 1.82) is 0 Å². The van der Waals surface area contributed by atoms with Gasteiger partial charge in [0.2, 0.25) is 15.6 Å². The topological polar surface area (TPSA) is 144 Å². The zero-order chi connectivity index (χ0) is 31.6. The Morgan fingerprint density at radius 1 is 1.07 bits per heavy atom. The standard InChI is InChI=1S/C26H26F4N4O7S2/c1-25(2,26(28,29)30)41-24(35)33-18-8-11-23-22(13-18)34(43(38,39)21-9-6-17(27)7-10-21)15-20(40-23)14-32-42(36,37)16-19-5-3-4-12-31-19/h3-13,20,32H,14-16H2,1-2H3,(H,33,35)/t20-/m0/s1. The Balaban J connectivity index is 1.61. The van der Waals surface area contributed by atoms with Crippen molar-refractivity contribution < 1.29 is 48.7 Å². The molecule has 2 N–H and O–H groups in total. The van der Waals surface area contributed by atoms with Crippen molar-refractivity contribution in [2.75, 3.05) is 22.7 Å². The number of carbonyl (C=O) groups excluding carboxylic acids is 1. The van der Waals surface area contributed by atoms with E-state index in [2.05, 4.69) is 19.8 Å². The third kappa shape index (κ3) is 7.71. The van der Waals surface area contributed by atoms with Crippen LogP contribution in [-0.4, -0.2) is 58.9 Å². The summed E-state index contributed by atoms with van der Waals surface area (Å²) >= 11 is 0. The van der Waals surface area contributed by atoms with Crippen LogP contribution in [0.4, 0.5) is 33.7 Å². The molecule has 3 aromatic rings. The van der Waals surface area contributed by atoms with E-state index < -0.39 is 62.1 Å². The second kappa shape index (κ2) is 12.0. The molecule has 2 heterocycles. The molecular formula is C26H26F4N4O7S2. The Hall–Kier alpha value is -3.96. The predicted octanol–water partition coefficient (Wildman–Crippen LogP) is 4.19. The molecule has 0 unspecified atom stereocenters. The minimum Gasteiger partial charge on any atom is -0.485 e. The van der Waals surface area contributed by atoms with E-state index in [0.29, 0.717) is 13.8 Å². The lowest BCUT2D eigenvalue weighted by Gasteiger charge is -2.36. The Kier molecular flexibility index (Phi) is 8.90. The SMILES string of the molecule is CC(C)(OC(=O)Nc1ccc2c(c1)N(S(=O)(=O)c1ccc(F)cc1)C[C@H](CNS(=O)(=O)Cc1ccccn1)O2)C(F)(F)F. The van der Waals surface area contributed by atoms with E-state index in [0.717, 1.165) is 34.6 Å². The summed E-state index contributed by atoms with van der Waals surface area (Å²) in [6.45, 7) is 0.556. The second-order valence-corrected chi connectivity index (χ2v) is 13.5. The molecule has 1 aromatic heterocycles. The van der Waals surface area contributed by atoms with Gasteiger partial charge in [-0.25, -0.2) is 30.7 Å². The van der Waals surface area contributed by atoms with Gasteiger partial charge in [0.1, 0.15) is 23.4 Å². The first-order valence-corrected chi connectivity index (χ1v) is 15.6. The summed E-state index contributed by atoms with van der Waals surface area (Å²) in [5, 5.41) is 2.13. The number of nitrogens with zero attached hydrogens (tertiary/aromatic N) is 2. The molecule has 17 heteroatoms. The van der Waals surface area contributed by atoms with Crippen molar-refractivity contribution in [3.05, 3.63) is 78.4 Å². The van der Waals surface area contributed by atoms with E-state index in [1.54, 1.807) is 12.1 Å². The maximum atomic E-state index is 13.6. The largest absolute Gasteiger partial charge is 0.485 e. The van der Waals surface area contributed by atoms with E-state index in [1.807, 2.05) is 0 Å². The molecule has 0 saturated heterocycles. The van der Waals surface area contributed by atoms with Gasteiger partial charge in [0, 0.05) is 18.4 Å². The Labute approximate surface area is 244 Å². The molecule has 43 heavy (non-hydrogen) atoms. The highest BCUT2D eigenvalue weighted by Crippen LogP contribution is 2.39. The van der Waals surface area contributed by atoms with Crippen LogP contribution in [0.15, 0.2) is 71.8 Å². The molecule has 0 saturated carbocycles. The van der Waals surface area contributed by atoms with Gasteiger partial charge >= 0.3 is 12.3 Å². The Morgan fingerprint density at radius 3 is 2.40 bits per heavy atom. The third-order valence-electron chi connectivity index (χ3n) is 6.16. The molecule has 0 spiro atoms. The molecule has 232 valence electrons. The normalized spacial score (nSPS) is 15.8. The van der Waals surface area contributed by atoms with E-state index in [1.165, 1.54) is 24.4 Å². The Bertz CT molecular complexity index is 1690. The number of aromatic nitrogens is 1. The zero-order valence-electron chi connectivity index (χ0n) is 22.6. The van der Waals surface area contributed by atoms with E-state index in [4.69, 9.17) is 4.74 Å². The second-order valence-electron chi connectivity index (χ2n) is 9.86. The van der Waals surface area contributed by atoms with Crippen LogP contribution in [-0.2, 0) is 30.5 Å². The number of pyridine rings is 1. The van der Waals surface area contributed by atoms with Gasteiger partial charge in [-0.1, -0.05) is 6.07 Å². The molecule has 0 bridgehead atoms. The zero-order valence-corrected chi connectivity index (χ0v) is 24.3. The number of benzene rings is 2. The van der Waals surface area contributed by atoms with Crippen molar-refractivity contribution in [3.63, 3.8) is 0 Å². The quantitative estimate of drug-likeness (QED) is 0.330. The summed E-state index contributed by atoms with van der Waals surface area (Å²) in [6, 6.07) is 12.3. The molecule has 1 amide bonds. The van der Waals surface area contributed by atoms with Crippen molar-refractivity contribution in [1.82, 2.24) is 9.71 Å². The fraction of sp³-hybridized carbons (Fsp3) is 0.308. The number of ether oxygens (including phenoxy) is 2. The van der Waals surface area contributed by atoms with Crippen LogP contribution in [0.1, 0.15) is 19.5 Å². The number of alkyl halides is 3. The number of amides is 1. The predicted molar refractivity (Wildman–Crippen MR) is 147 cm³/mol. The molecular weight excluding hydrogens is 620 g/mol. The molecule has 0 radical (unpaired) electrons. The maximum Gasteiger partial charge on any atom is 0.427 e. The summed E-state index contributed by atoms with van der Waals surface area (Å²) in [7, 11) is -8.32. The summed E-state index contributed by atoms with van der Waals surface area (Å²) in [6.07, 6.45) is -5.92. The monoisotopic (exact) mass is 646 g/mol. The molecule has 1 atom stereocenters. The molecule has 4 rings (SSSR count). The average molecular weight is 647 g/mol. The number of hydrogen-bond acceptors (Lipinski definition) is 8. The fourth-order valence-electron chi connectivity index (χ4n) is 3.84. The van der Waals surface area contributed by atoms with Crippen molar-refractivity contribution >= 4 is 37.5 Å². The number of sulfonamides is 2. The summed E-state index contributed by atoms with van der Waals surface area (Å²) < 4.78 is 119. The lowest BCUT2D eigenvalue weighted by atomic mass is 10.1. The van der Waals surface area contributed by atoms with E-state index in [9.17, 15) is 39.2 Å². The average Bonchev–Trinajstić information content (AvgIpc) is 2.91. The van der Waals surface area contributed by atoms with Crippen LogP contribution in [0.25, 0.3) is 0 Å². The molecule has 0 fully saturated rings. The number of carbonyl (C=O) groups is 1. The van der Waals surface area contributed by atoms with Crippen LogP contribution in [0.5, 0.6) is 5.75 Å². The molecule has 1 aliphatic heterocycles. The third-order valence-corrected chi connectivity index (χ3v) is 9.24. The van der Waals surface area contributed by atoms with Crippen LogP contribution in [0.3, 0.4) is 0 Å². The van der Waals surface area contributed by atoms with Crippen molar-refractivity contribution in [2.24, 2.45) is 0 Å². The van der Waals surface area contributed by atoms with Gasteiger partial charge in [0.05, 0.1) is 22.8 Å². The molecule has 11 nitrogen and oxygen atoms in total. The van der Waals surface area contributed by atoms with E-state index >= 15 is 0 Å². The number of fused-ring (bicyclic) bond motifs is 1. The fourth-order valence-corrected chi connectivity index (χ4v) is 6.44. The highest BCUT2D eigenvalue weighted by molar-refractivity contribution is 7.92. The molecule has 1 aliphatic rings. The number of anilines is 2. The van der Waals surface area contributed by atoms with Gasteiger partial charge in [0.25, 0.3) is 10.0 Å². The number of rotatable bonds is 9. The highest BCUT2D eigenvalue weighted by Gasteiger charge is 2.51. The van der Waals surface area contributed by atoms with Crippen LogP contribution >= 0.6 is 0 Å². The van der Waals surface area contributed by atoms with Crippen LogP contribution in [0, 0.1) is 5.82 Å². The first kappa shape index (κ1) is 32.0. The first-order valence-electron chi connectivity index (χ1n) is 12.5. The lowest BCUT2D eigenvalue weighted by molar-refractivity contribution is -0.242. The minimum atomic E-state index is -4.86. The van der Waals surface area contributed by atoms with Gasteiger partial charge in [-0.2, -0.15) is 13.2 Å². The van der Waals surface area contributed by atoms with Gasteiger partial charge < -0.3 is 9.47 Å². The maximum absolute atomic E-state index is 13.6. The van der Waals surface area contributed by atoms with Crippen molar-refractivity contribution in [2.45, 2.75) is 42.4 Å². The lowest BCUT2D eigenvalue weighted by Crippen LogP contribution is -2.48. The minimum absolute atomic E-state index is 0.0413. The Morgan fingerprint density at radius 2 is 1.77 bits per heavy atom. The summed E-state index contributed by atoms with van der Waals surface area (Å²) in [5.74, 6) is -1.17. The molecule has 2 aromatic carbocycles. The van der Waals surface area contributed by atoms with Gasteiger partial charge in [-0.3, -0.25) is 14.6 Å². The van der Waals surface area contributed by atoms with Gasteiger partial charge in [-0.05, 0) is 68.4 Å². The summed E-state index contributed by atoms with van der Waals surface area (Å²) in [4.78, 5) is 15.9. The van der Waals surface area contributed by atoms with Crippen molar-refractivity contribution in [3.8, 4) is 5.75 Å². The van der Waals surface area contributed by atoms with Crippen LogP contribution in [0.2, 0.25) is 0 Å². The molecule has 0 aliphatic carbocycles. The first-order chi connectivity index (χ1) is 20.0.